The Labute approximate surface area is 242 Å². The molecule has 0 aliphatic carbocycles. The van der Waals surface area contributed by atoms with Gasteiger partial charge in [0.15, 0.2) is 22.9 Å². The molecule has 0 fully saturated rings. The van der Waals surface area contributed by atoms with Gasteiger partial charge in [0.25, 0.3) is 0 Å². The molecule has 0 N–H and O–H groups in total. The van der Waals surface area contributed by atoms with E-state index in [2.05, 4.69) is 4.98 Å². The molecule has 0 unspecified atom stereocenters. The maximum atomic E-state index is 14.0. The summed E-state index contributed by atoms with van der Waals surface area (Å²) < 4.78 is 28.8. The topological polar surface area (TPSA) is 80.0 Å². The van der Waals surface area contributed by atoms with Crippen molar-refractivity contribution in [3.05, 3.63) is 113 Å². The average molecular weight is 570 g/mol. The second kappa shape index (κ2) is 12.6. The molecule has 0 amide bonds. The highest BCUT2D eigenvalue weighted by molar-refractivity contribution is 6.32. The molecule has 0 aliphatic heterocycles. The van der Waals surface area contributed by atoms with Crippen molar-refractivity contribution >= 4 is 40.1 Å². The minimum atomic E-state index is -0.310. The van der Waals surface area contributed by atoms with E-state index in [0.29, 0.717) is 63.5 Å². The van der Waals surface area contributed by atoms with E-state index in [4.69, 9.17) is 35.0 Å². The number of carbonyl (C=O) groups is 1. The Balaban J connectivity index is 1.55. The van der Waals surface area contributed by atoms with Crippen molar-refractivity contribution < 1.29 is 28.2 Å². The van der Waals surface area contributed by atoms with Gasteiger partial charge in [-0.3, -0.25) is 4.79 Å². The molecule has 1 heterocycles. The van der Waals surface area contributed by atoms with Crippen molar-refractivity contribution in [3.8, 4) is 23.0 Å². The molecule has 41 heavy (non-hydrogen) atoms. The molecule has 4 aromatic carbocycles. The molecule has 208 valence electrons. The third-order valence-electron chi connectivity index (χ3n) is 6.27. The van der Waals surface area contributed by atoms with E-state index >= 15 is 0 Å². The molecule has 0 saturated heterocycles. The lowest BCUT2D eigenvalue weighted by atomic mass is 10.00. The van der Waals surface area contributed by atoms with Crippen LogP contribution in [0.2, 0.25) is 5.02 Å². The number of nitrogens with zero attached hydrogens (tertiary/aromatic N) is 1. The number of para-hydroxylation sites is 2. The van der Waals surface area contributed by atoms with Gasteiger partial charge in [-0.2, -0.15) is 0 Å². The van der Waals surface area contributed by atoms with E-state index in [9.17, 15) is 4.79 Å². The standard InChI is InChI=1S/C33H28ClNO6/c1-4-39-31-16-22(11-14-30(31)40-20-21-9-12-24(34)13-10-21)15-27(33-35-28-7-5-6-8-29(28)41-33)32(36)23-17-25(37-2)19-26(18-23)38-3/h5-19H,4,20H2,1-3H3/b27-15+. The number of Topliss-reactive ketones (excluding diaryl/α,β-unsaturated/α-hetero) is 1. The number of oxazole rings is 1. The zero-order valence-electron chi connectivity index (χ0n) is 22.8. The molecule has 0 bridgehead atoms. The second-order valence-electron chi connectivity index (χ2n) is 9.03. The number of carbonyl (C=O) groups excluding carboxylic acids is 1. The van der Waals surface area contributed by atoms with Crippen molar-refractivity contribution in [2.24, 2.45) is 0 Å². The maximum Gasteiger partial charge on any atom is 0.231 e. The molecular formula is C33H28ClNO6. The van der Waals surface area contributed by atoms with Gasteiger partial charge in [-0.15, -0.1) is 0 Å². The molecule has 0 saturated carbocycles. The molecule has 5 aromatic rings. The average Bonchev–Trinajstić information content (AvgIpc) is 3.44. The van der Waals surface area contributed by atoms with Crippen LogP contribution in [-0.2, 0) is 6.61 Å². The van der Waals surface area contributed by atoms with E-state index in [1.54, 1.807) is 24.3 Å². The van der Waals surface area contributed by atoms with Gasteiger partial charge in [0.2, 0.25) is 5.89 Å². The predicted molar refractivity (Wildman–Crippen MR) is 159 cm³/mol. The SMILES string of the molecule is CCOc1cc(/C=C(\C(=O)c2cc(OC)cc(OC)c2)c2nc3ccccc3o2)ccc1OCc1ccc(Cl)cc1. The Morgan fingerprint density at radius 2 is 1.61 bits per heavy atom. The molecule has 0 atom stereocenters. The highest BCUT2D eigenvalue weighted by atomic mass is 35.5. The Bertz CT molecular complexity index is 1650. The van der Waals surface area contributed by atoms with Gasteiger partial charge in [0, 0.05) is 16.7 Å². The van der Waals surface area contributed by atoms with Crippen molar-refractivity contribution in [3.63, 3.8) is 0 Å². The summed E-state index contributed by atoms with van der Waals surface area (Å²) in [5.41, 5.74) is 3.51. The summed E-state index contributed by atoms with van der Waals surface area (Å²) in [6.07, 6.45) is 1.73. The zero-order chi connectivity index (χ0) is 28.8. The highest BCUT2D eigenvalue weighted by Crippen LogP contribution is 2.33. The minimum Gasteiger partial charge on any atom is -0.497 e. The van der Waals surface area contributed by atoms with Crippen molar-refractivity contribution in [1.82, 2.24) is 4.98 Å². The van der Waals surface area contributed by atoms with E-state index in [1.807, 2.05) is 73.7 Å². The number of methoxy groups -OCH3 is 2. The molecule has 8 heteroatoms. The number of benzene rings is 4. The summed E-state index contributed by atoms with van der Waals surface area (Å²) in [5, 5.41) is 0.664. The van der Waals surface area contributed by atoms with E-state index < -0.39 is 0 Å². The molecule has 0 aliphatic rings. The largest absolute Gasteiger partial charge is 0.497 e. The van der Waals surface area contributed by atoms with Gasteiger partial charge >= 0.3 is 0 Å². The lowest BCUT2D eigenvalue weighted by molar-refractivity contribution is 0.105. The first-order valence-corrected chi connectivity index (χ1v) is 13.3. The van der Waals surface area contributed by atoms with Gasteiger partial charge in [-0.1, -0.05) is 41.9 Å². The predicted octanol–water partition coefficient (Wildman–Crippen LogP) is 7.90. The Morgan fingerprint density at radius 3 is 2.29 bits per heavy atom. The quantitative estimate of drug-likeness (QED) is 0.118. The molecule has 7 nitrogen and oxygen atoms in total. The number of allylic oxidation sites excluding steroid dienone is 1. The van der Waals surface area contributed by atoms with E-state index in [1.165, 1.54) is 14.2 Å². The molecule has 5 rings (SSSR count). The molecule has 0 spiro atoms. The van der Waals surface area contributed by atoms with Crippen LogP contribution in [0.3, 0.4) is 0 Å². The maximum absolute atomic E-state index is 14.0. The number of rotatable bonds is 11. The molecule has 1 aromatic heterocycles. The van der Waals surface area contributed by atoms with Crippen LogP contribution in [0.4, 0.5) is 0 Å². The van der Waals surface area contributed by atoms with E-state index in [0.717, 1.165) is 5.56 Å². The normalized spacial score (nSPS) is 11.4. The van der Waals surface area contributed by atoms with Crippen LogP contribution in [-0.4, -0.2) is 31.6 Å². The first-order valence-electron chi connectivity index (χ1n) is 13.0. The lowest BCUT2D eigenvalue weighted by Gasteiger charge is -2.13. The smallest absolute Gasteiger partial charge is 0.231 e. The van der Waals surface area contributed by atoms with E-state index in [-0.39, 0.29) is 17.2 Å². The Morgan fingerprint density at radius 1 is 0.878 bits per heavy atom. The monoisotopic (exact) mass is 569 g/mol. The summed E-state index contributed by atoms with van der Waals surface area (Å²) in [4.78, 5) is 18.6. The lowest BCUT2D eigenvalue weighted by Crippen LogP contribution is -2.05. The van der Waals surface area contributed by atoms with Crippen LogP contribution in [0.1, 0.15) is 34.3 Å². The third kappa shape index (κ3) is 6.53. The summed E-state index contributed by atoms with van der Waals surface area (Å²) in [6, 6.07) is 25.3. The van der Waals surface area contributed by atoms with Crippen LogP contribution < -0.4 is 18.9 Å². The van der Waals surface area contributed by atoms with Gasteiger partial charge in [0.05, 0.1) is 26.4 Å². The third-order valence-corrected chi connectivity index (χ3v) is 6.52. The number of hydrogen-bond donors (Lipinski definition) is 0. The fraction of sp³-hybridized carbons (Fsp3) is 0.152. The van der Waals surface area contributed by atoms with Gasteiger partial charge in [-0.25, -0.2) is 4.98 Å². The summed E-state index contributed by atoms with van der Waals surface area (Å²) in [6.45, 7) is 2.68. The Kier molecular flexibility index (Phi) is 8.56. The highest BCUT2D eigenvalue weighted by Gasteiger charge is 2.22. The number of ketones is 1. The van der Waals surface area contributed by atoms with Crippen LogP contribution in [0, 0.1) is 0 Å². The first kappa shape index (κ1) is 27.8. The van der Waals surface area contributed by atoms with Gasteiger partial charge in [-0.05, 0) is 72.7 Å². The minimum absolute atomic E-state index is 0.194. The molecule has 0 radical (unpaired) electrons. The Hall–Kier alpha value is -4.75. The number of ether oxygens (including phenoxy) is 4. The number of hydrogen-bond acceptors (Lipinski definition) is 7. The van der Waals surface area contributed by atoms with Crippen molar-refractivity contribution in [2.75, 3.05) is 20.8 Å². The van der Waals surface area contributed by atoms with Crippen molar-refractivity contribution in [1.29, 1.82) is 0 Å². The van der Waals surface area contributed by atoms with Crippen LogP contribution >= 0.6 is 11.6 Å². The number of aromatic nitrogens is 1. The zero-order valence-corrected chi connectivity index (χ0v) is 23.6. The van der Waals surface area contributed by atoms with Crippen LogP contribution in [0.5, 0.6) is 23.0 Å². The fourth-order valence-corrected chi connectivity index (χ4v) is 4.34. The fourth-order valence-electron chi connectivity index (χ4n) is 4.22. The summed E-state index contributed by atoms with van der Waals surface area (Å²) >= 11 is 6.00. The van der Waals surface area contributed by atoms with Crippen LogP contribution in [0.25, 0.3) is 22.7 Å². The number of halogens is 1. The summed E-state index contributed by atoms with van der Waals surface area (Å²) in [7, 11) is 3.07. The van der Waals surface area contributed by atoms with Gasteiger partial charge < -0.3 is 23.4 Å². The van der Waals surface area contributed by atoms with Crippen molar-refractivity contribution in [2.45, 2.75) is 13.5 Å². The van der Waals surface area contributed by atoms with Gasteiger partial charge in [0.1, 0.15) is 23.6 Å². The second-order valence-corrected chi connectivity index (χ2v) is 9.47. The molecular weight excluding hydrogens is 542 g/mol. The van der Waals surface area contributed by atoms with Crippen LogP contribution in [0.15, 0.2) is 89.3 Å². The first-order chi connectivity index (χ1) is 20.0. The number of fused-ring (bicyclic) bond motifs is 1. The summed E-state index contributed by atoms with van der Waals surface area (Å²) in [5.74, 6) is 1.98.